The summed E-state index contributed by atoms with van der Waals surface area (Å²) in [5.74, 6) is -4.82. The van der Waals surface area contributed by atoms with Crippen molar-refractivity contribution in [2.75, 3.05) is 18.1 Å². The third-order valence-electron chi connectivity index (χ3n) is 9.31. The lowest BCUT2D eigenvalue weighted by atomic mass is 9.81. The Bertz CT molecular complexity index is 1620. The molecular formula is C31H36F5N7O2S. The van der Waals surface area contributed by atoms with Crippen LogP contribution in [-0.2, 0) is 17.8 Å². The zero-order chi connectivity index (χ0) is 32.6. The predicted molar refractivity (Wildman–Crippen MR) is 162 cm³/mol. The first kappa shape index (κ1) is 32.5. The van der Waals surface area contributed by atoms with Crippen molar-refractivity contribution in [2.45, 2.75) is 76.6 Å². The number of nitrogens with zero attached hydrogens (tertiary/aromatic N) is 5. The van der Waals surface area contributed by atoms with Gasteiger partial charge in [0.2, 0.25) is 11.8 Å². The van der Waals surface area contributed by atoms with E-state index in [9.17, 15) is 31.5 Å². The number of nitrogens with one attached hydrogen (secondary N) is 2. The van der Waals surface area contributed by atoms with E-state index in [1.807, 2.05) is 13.0 Å². The summed E-state index contributed by atoms with van der Waals surface area (Å²) in [4.78, 5) is 31.0. The van der Waals surface area contributed by atoms with Crippen LogP contribution in [0, 0.1) is 17.8 Å². The highest BCUT2D eigenvalue weighted by Crippen LogP contribution is 2.42. The van der Waals surface area contributed by atoms with Crippen molar-refractivity contribution in [3.63, 3.8) is 0 Å². The number of allylic oxidation sites excluding steroid dienone is 1. The summed E-state index contributed by atoms with van der Waals surface area (Å²) < 4.78 is 72.1. The molecule has 248 valence electrons. The zero-order valence-electron chi connectivity index (χ0n) is 25.3. The molecule has 2 amide bonds. The minimum atomic E-state index is -4.42. The third-order valence-corrected chi connectivity index (χ3v) is 10.2. The minimum Gasteiger partial charge on any atom is -0.355 e. The van der Waals surface area contributed by atoms with E-state index in [4.69, 9.17) is 10.1 Å². The number of aryl methyl sites for hydroxylation is 1. The number of amides is 2. The van der Waals surface area contributed by atoms with Crippen LogP contribution in [0.1, 0.15) is 78.9 Å². The van der Waals surface area contributed by atoms with Crippen LogP contribution in [0.4, 0.5) is 22.0 Å². The fraction of sp³-hybridized carbons (Fsp3) is 0.581. The van der Waals surface area contributed by atoms with Gasteiger partial charge in [0, 0.05) is 55.8 Å². The van der Waals surface area contributed by atoms with Crippen molar-refractivity contribution < 1.29 is 31.5 Å². The normalized spacial score (nSPS) is 23.2. The molecule has 5 heterocycles. The zero-order valence-corrected chi connectivity index (χ0v) is 26.1. The summed E-state index contributed by atoms with van der Waals surface area (Å²) in [7, 11) is 0. The van der Waals surface area contributed by atoms with Gasteiger partial charge in [-0.25, -0.2) is 18.3 Å². The second kappa shape index (κ2) is 13.0. The van der Waals surface area contributed by atoms with Gasteiger partial charge in [0.15, 0.2) is 5.65 Å². The Morgan fingerprint density at radius 2 is 2.04 bits per heavy atom. The third kappa shape index (κ3) is 6.93. The number of hydrogen-bond acceptors (Lipinski definition) is 6. The van der Waals surface area contributed by atoms with Gasteiger partial charge in [-0.05, 0) is 62.0 Å². The van der Waals surface area contributed by atoms with Gasteiger partial charge in [-0.3, -0.25) is 14.3 Å². The van der Waals surface area contributed by atoms with Crippen molar-refractivity contribution >= 4 is 34.8 Å². The number of halogens is 5. The van der Waals surface area contributed by atoms with E-state index in [-0.39, 0.29) is 44.4 Å². The van der Waals surface area contributed by atoms with Crippen molar-refractivity contribution in [3.05, 3.63) is 53.2 Å². The fourth-order valence-electron chi connectivity index (χ4n) is 6.71. The smallest absolute Gasteiger partial charge is 0.355 e. The number of fused-ring (bicyclic) bond motifs is 1. The second-order valence-electron chi connectivity index (χ2n) is 12.3. The number of aromatic nitrogens is 5. The molecule has 2 aliphatic heterocycles. The molecule has 2 fully saturated rings. The summed E-state index contributed by atoms with van der Waals surface area (Å²) in [5.41, 5.74) is 3.45. The van der Waals surface area contributed by atoms with Gasteiger partial charge < -0.3 is 10.6 Å². The molecule has 2 N–H and O–H groups in total. The molecule has 9 nitrogen and oxygen atoms in total. The van der Waals surface area contributed by atoms with Crippen molar-refractivity contribution in [1.82, 2.24) is 35.0 Å². The topological polar surface area (TPSA) is 106 Å². The number of thioether (sulfide) groups is 1. The lowest BCUT2D eigenvalue weighted by Gasteiger charge is -2.33. The molecule has 1 aliphatic carbocycles. The van der Waals surface area contributed by atoms with E-state index in [0.29, 0.717) is 29.3 Å². The Morgan fingerprint density at radius 1 is 1.26 bits per heavy atom. The standard InChI is InChI=1S/C31H36F5N7O2S/c1-2-42-25(5-10-38-42)29(45)40-27(19-3-8-30(32,33)9-4-19)24-17-43-26(39-24)15-22(18-6-11-46-12-7-18)23(41-43)14-20-13-21(31(34,35)36)16-37-28(20)44/h5-6,10,15,17,19-21,27H,2-4,7-9,11-14,16H2,1H3,(H,37,44)(H,40,45)/t20-,21-,27+/m1/s1. The van der Waals surface area contributed by atoms with Gasteiger partial charge in [0.05, 0.1) is 29.5 Å². The maximum Gasteiger partial charge on any atom is 0.393 e. The van der Waals surface area contributed by atoms with E-state index in [1.54, 1.807) is 28.7 Å². The van der Waals surface area contributed by atoms with Crippen LogP contribution in [0.15, 0.2) is 30.6 Å². The molecule has 46 heavy (non-hydrogen) atoms. The van der Waals surface area contributed by atoms with Crippen LogP contribution in [0.5, 0.6) is 0 Å². The minimum absolute atomic E-state index is 0.0144. The molecule has 1 saturated heterocycles. The lowest BCUT2D eigenvalue weighted by molar-refractivity contribution is -0.183. The van der Waals surface area contributed by atoms with E-state index in [2.05, 4.69) is 21.8 Å². The van der Waals surface area contributed by atoms with Gasteiger partial charge in [-0.2, -0.15) is 35.1 Å². The molecule has 0 unspecified atom stereocenters. The number of hydrogen-bond donors (Lipinski definition) is 2. The van der Waals surface area contributed by atoms with Crippen LogP contribution in [0.2, 0.25) is 0 Å². The van der Waals surface area contributed by atoms with Crippen LogP contribution < -0.4 is 10.6 Å². The van der Waals surface area contributed by atoms with E-state index >= 15 is 0 Å². The van der Waals surface area contributed by atoms with E-state index < -0.39 is 48.3 Å². The fourth-order valence-corrected chi connectivity index (χ4v) is 7.56. The van der Waals surface area contributed by atoms with Crippen molar-refractivity contribution in [2.24, 2.45) is 17.8 Å². The molecule has 3 atom stereocenters. The maximum absolute atomic E-state index is 14.1. The number of carbonyl (C=O) groups excluding carboxylic acids is 2. The molecule has 3 aromatic rings. The SMILES string of the molecule is CCn1nccc1C(=O)N[C@H](c1cn2nc(C[C@H]3C[C@@H](C(F)(F)F)CNC3=O)c(C3=CCSCC3)cc2n1)C1CCC(F)(F)CC1. The van der Waals surface area contributed by atoms with Gasteiger partial charge in [0.1, 0.15) is 5.69 Å². The summed E-state index contributed by atoms with van der Waals surface area (Å²) in [6.07, 6.45) is 0.990. The Balaban J connectivity index is 1.37. The maximum atomic E-state index is 14.1. The van der Waals surface area contributed by atoms with Gasteiger partial charge in [0.25, 0.3) is 5.91 Å². The van der Waals surface area contributed by atoms with E-state index in [0.717, 1.165) is 29.1 Å². The van der Waals surface area contributed by atoms with Gasteiger partial charge in [-0.15, -0.1) is 0 Å². The molecular weight excluding hydrogens is 629 g/mol. The number of rotatable bonds is 8. The van der Waals surface area contributed by atoms with Crippen LogP contribution >= 0.6 is 11.8 Å². The Hall–Kier alpha value is -3.49. The first-order valence-electron chi connectivity index (χ1n) is 15.6. The monoisotopic (exact) mass is 665 g/mol. The number of imidazole rings is 1. The summed E-state index contributed by atoms with van der Waals surface area (Å²) >= 11 is 1.77. The molecule has 6 rings (SSSR count). The summed E-state index contributed by atoms with van der Waals surface area (Å²) in [6, 6.07) is 2.73. The van der Waals surface area contributed by atoms with Crippen molar-refractivity contribution in [3.8, 4) is 0 Å². The highest BCUT2D eigenvalue weighted by Gasteiger charge is 2.45. The first-order valence-corrected chi connectivity index (χ1v) is 16.8. The molecule has 0 bridgehead atoms. The number of carbonyl (C=O) groups is 2. The average molecular weight is 666 g/mol. The van der Waals surface area contributed by atoms with Crippen LogP contribution in [0.25, 0.3) is 11.2 Å². The molecule has 3 aliphatic rings. The second-order valence-corrected chi connectivity index (χ2v) is 13.5. The molecule has 0 aromatic carbocycles. The Labute approximate surface area is 266 Å². The predicted octanol–water partition coefficient (Wildman–Crippen LogP) is 5.62. The van der Waals surface area contributed by atoms with Crippen molar-refractivity contribution in [1.29, 1.82) is 0 Å². The van der Waals surface area contributed by atoms with E-state index in [1.165, 1.54) is 10.7 Å². The Morgan fingerprint density at radius 3 is 2.74 bits per heavy atom. The van der Waals surface area contributed by atoms with Gasteiger partial charge in [-0.1, -0.05) is 6.08 Å². The molecule has 15 heteroatoms. The molecule has 0 radical (unpaired) electrons. The van der Waals surface area contributed by atoms with Gasteiger partial charge >= 0.3 is 6.18 Å². The largest absolute Gasteiger partial charge is 0.393 e. The first-order chi connectivity index (χ1) is 21.9. The summed E-state index contributed by atoms with van der Waals surface area (Å²) in [6.45, 7) is 1.88. The molecule has 3 aromatic heterocycles. The Kier molecular flexibility index (Phi) is 9.14. The number of alkyl halides is 5. The van der Waals surface area contributed by atoms with Crippen LogP contribution in [0.3, 0.4) is 0 Å². The molecule has 1 saturated carbocycles. The summed E-state index contributed by atoms with van der Waals surface area (Å²) in [5, 5.41) is 14.4. The van der Waals surface area contributed by atoms with Crippen LogP contribution in [-0.4, -0.2) is 66.3 Å². The molecule has 0 spiro atoms. The quantitative estimate of drug-likeness (QED) is 0.303. The highest BCUT2D eigenvalue weighted by atomic mass is 32.2. The lowest BCUT2D eigenvalue weighted by Crippen LogP contribution is -2.47. The highest BCUT2D eigenvalue weighted by molar-refractivity contribution is 7.99. The average Bonchev–Trinajstić information content (AvgIpc) is 3.67. The number of piperidine rings is 1.